The highest BCUT2D eigenvalue weighted by molar-refractivity contribution is 8.00. The van der Waals surface area contributed by atoms with E-state index in [-0.39, 0.29) is 39.2 Å². The standard InChI is InChI=1S/C15H14Cl2N6O5S2/c1-2-28-21-7(10-20-15(18)30-22-10)11(24)19-8-12(25)23-9(14(26)27)5(3-6(16)17)4-29-13(8)23/h3,8,13H,2,4H2,1H3,(H,19,24)(H,26,27)(H2,18,20,22)/t8?,13-/m0/s1. The molecule has 0 spiro atoms. The van der Waals surface area contributed by atoms with Crippen LogP contribution in [-0.2, 0) is 19.2 Å². The third-order valence-electron chi connectivity index (χ3n) is 3.92. The molecule has 1 fully saturated rings. The van der Waals surface area contributed by atoms with E-state index in [1.165, 1.54) is 17.8 Å². The second-order valence-electron chi connectivity index (χ2n) is 5.79. The number of carboxylic acid groups (broad SMARTS) is 1. The SMILES string of the molecule is CCON=C(C(=O)NC1C(=O)N2C(C(=O)O)=C(C=C(Cl)Cl)CS[C@@H]12)c1nsc(N)n1. The molecule has 0 bridgehead atoms. The molecular weight excluding hydrogens is 479 g/mol. The van der Waals surface area contributed by atoms with Gasteiger partial charge in [-0.1, -0.05) is 28.4 Å². The average molecular weight is 493 g/mol. The van der Waals surface area contributed by atoms with E-state index in [9.17, 15) is 19.5 Å². The lowest BCUT2D eigenvalue weighted by molar-refractivity contribution is -0.150. The lowest BCUT2D eigenvalue weighted by atomic mass is 10.0. The Hall–Kier alpha value is -2.35. The van der Waals surface area contributed by atoms with Gasteiger partial charge in [-0.2, -0.15) is 9.36 Å². The summed E-state index contributed by atoms with van der Waals surface area (Å²) in [5.41, 5.74) is 5.37. The predicted octanol–water partition coefficient (Wildman–Crippen LogP) is 0.919. The van der Waals surface area contributed by atoms with Crippen molar-refractivity contribution >= 4 is 75.1 Å². The van der Waals surface area contributed by atoms with Gasteiger partial charge in [0, 0.05) is 17.3 Å². The molecule has 0 aromatic carbocycles. The van der Waals surface area contributed by atoms with Crippen molar-refractivity contribution in [1.82, 2.24) is 19.6 Å². The molecule has 11 nitrogen and oxygen atoms in total. The Kier molecular flexibility index (Phi) is 6.85. The van der Waals surface area contributed by atoms with Gasteiger partial charge in [0.1, 0.15) is 28.2 Å². The lowest BCUT2D eigenvalue weighted by Crippen LogP contribution is -2.71. The van der Waals surface area contributed by atoms with Crippen LogP contribution in [0, 0.1) is 0 Å². The average Bonchev–Trinajstić information content (AvgIpc) is 3.11. The van der Waals surface area contributed by atoms with Crippen LogP contribution in [0.15, 0.2) is 27.0 Å². The number of nitrogens with zero attached hydrogens (tertiary/aromatic N) is 4. The number of nitrogens with two attached hydrogens (primary N) is 1. The smallest absolute Gasteiger partial charge is 0.352 e. The zero-order chi connectivity index (χ0) is 22.0. The zero-order valence-corrected chi connectivity index (χ0v) is 18.3. The van der Waals surface area contributed by atoms with E-state index in [1.807, 2.05) is 0 Å². The number of nitrogens with one attached hydrogen (secondary N) is 1. The molecule has 30 heavy (non-hydrogen) atoms. The molecule has 0 aliphatic carbocycles. The van der Waals surface area contributed by atoms with Crippen LogP contribution in [0.5, 0.6) is 0 Å². The molecule has 3 heterocycles. The number of fused-ring (bicyclic) bond motifs is 1. The number of nitrogen functional groups attached to an aromatic ring is 1. The van der Waals surface area contributed by atoms with Crippen LogP contribution >= 0.6 is 46.5 Å². The summed E-state index contributed by atoms with van der Waals surface area (Å²) >= 11 is 13.4. The van der Waals surface area contributed by atoms with E-state index in [4.69, 9.17) is 33.8 Å². The lowest BCUT2D eigenvalue weighted by Gasteiger charge is -2.49. The number of rotatable bonds is 7. The van der Waals surface area contributed by atoms with Crippen molar-refractivity contribution in [2.45, 2.75) is 18.3 Å². The minimum atomic E-state index is -1.31. The molecule has 0 saturated carbocycles. The Morgan fingerprint density at radius 3 is 2.80 bits per heavy atom. The van der Waals surface area contributed by atoms with E-state index < -0.39 is 29.2 Å². The molecule has 15 heteroatoms. The first-order valence-electron chi connectivity index (χ1n) is 8.28. The summed E-state index contributed by atoms with van der Waals surface area (Å²) < 4.78 is 3.80. The second-order valence-corrected chi connectivity index (χ2v) is 8.68. The molecule has 3 rings (SSSR count). The van der Waals surface area contributed by atoms with Crippen molar-refractivity contribution < 1.29 is 24.3 Å². The number of hydrogen-bond donors (Lipinski definition) is 3. The van der Waals surface area contributed by atoms with E-state index in [0.29, 0.717) is 5.57 Å². The second kappa shape index (κ2) is 9.20. The predicted molar refractivity (Wildman–Crippen MR) is 112 cm³/mol. The van der Waals surface area contributed by atoms with Gasteiger partial charge in [0.15, 0.2) is 5.13 Å². The number of allylic oxidation sites excluding steroid dienone is 1. The maximum absolute atomic E-state index is 12.7. The molecule has 2 aliphatic heterocycles. The third kappa shape index (κ3) is 4.38. The summed E-state index contributed by atoms with van der Waals surface area (Å²) in [7, 11) is 0. The first-order valence-corrected chi connectivity index (χ1v) is 10.9. The van der Waals surface area contributed by atoms with Crippen LogP contribution in [0.1, 0.15) is 12.7 Å². The highest BCUT2D eigenvalue weighted by Gasteiger charge is 2.54. The minimum absolute atomic E-state index is 0.0429. The van der Waals surface area contributed by atoms with Crippen molar-refractivity contribution in [1.29, 1.82) is 0 Å². The number of carbonyl (C=O) groups excluding carboxylic acids is 2. The third-order valence-corrected chi connectivity index (χ3v) is 5.99. The molecule has 2 atom stereocenters. The number of aliphatic carboxylic acids is 1. The summed E-state index contributed by atoms with van der Waals surface area (Å²) in [6.45, 7) is 1.87. The number of carboxylic acids is 1. The largest absolute Gasteiger partial charge is 0.477 e. The normalized spacial score (nSPS) is 21.0. The van der Waals surface area contributed by atoms with E-state index >= 15 is 0 Å². The van der Waals surface area contributed by atoms with Crippen LogP contribution in [0.4, 0.5) is 5.13 Å². The highest BCUT2D eigenvalue weighted by atomic mass is 35.5. The first kappa shape index (κ1) is 22.3. The Morgan fingerprint density at radius 1 is 1.50 bits per heavy atom. The summed E-state index contributed by atoms with van der Waals surface area (Å²) in [5.74, 6) is -2.47. The monoisotopic (exact) mass is 492 g/mol. The summed E-state index contributed by atoms with van der Waals surface area (Å²) in [5, 5.41) is 15.3. The van der Waals surface area contributed by atoms with Crippen molar-refractivity contribution in [3.8, 4) is 0 Å². The van der Waals surface area contributed by atoms with Crippen LogP contribution < -0.4 is 11.1 Å². The van der Waals surface area contributed by atoms with Gasteiger partial charge in [-0.3, -0.25) is 14.5 Å². The number of aromatic nitrogens is 2. The van der Waals surface area contributed by atoms with Gasteiger partial charge < -0.3 is 21.0 Å². The molecule has 160 valence electrons. The number of halogens is 2. The number of thioether (sulfide) groups is 1. The van der Waals surface area contributed by atoms with Gasteiger partial charge >= 0.3 is 5.97 Å². The van der Waals surface area contributed by atoms with E-state index in [1.54, 1.807) is 6.92 Å². The number of oxime groups is 1. The first-order chi connectivity index (χ1) is 14.2. The Morgan fingerprint density at radius 2 is 2.23 bits per heavy atom. The fraction of sp³-hybridized carbons (Fsp3) is 0.333. The van der Waals surface area contributed by atoms with Gasteiger partial charge in [0.25, 0.3) is 11.8 Å². The number of carbonyl (C=O) groups is 3. The van der Waals surface area contributed by atoms with E-state index in [0.717, 1.165) is 16.4 Å². The Bertz CT molecular complexity index is 990. The van der Waals surface area contributed by atoms with Crippen molar-refractivity contribution in [3.05, 3.63) is 27.7 Å². The van der Waals surface area contributed by atoms with Gasteiger partial charge in [-0.15, -0.1) is 11.8 Å². The van der Waals surface area contributed by atoms with Crippen molar-refractivity contribution in [2.24, 2.45) is 5.16 Å². The fourth-order valence-electron chi connectivity index (χ4n) is 2.74. The number of amides is 2. The molecule has 1 unspecified atom stereocenters. The zero-order valence-electron chi connectivity index (χ0n) is 15.2. The number of hydrogen-bond acceptors (Lipinski definition) is 10. The minimum Gasteiger partial charge on any atom is -0.477 e. The van der Waals surface area contributed by atoms with Gasteiger partial charge in [-0.05, 0) is 18.6 Å². The van der Waals surface area contributed by atoms with Gasteiger partial charge in [0.2, 0.25) is 11.5 Å². The Balaban J connectivity index is 1.82. The van der Waals surface area contributed by atoms with E-state index in [2.05, 4.69) is 19.8 Å². The van der Waals surface area contributed by atoms with Gasteiger partial charge in [0.05, 0.1) is 0 Å². The van der Waals surface area contributed by atoms with Crippen LogP contribution in [0.25, 0.3) is 0 Å². The van der Waals surface area contributed by atoms with Crippen molar-refractivity contribution in [2.75, 3.05) is 18.1 Å². The number of anilines is 1. The molecule has 1 aromatic heterocycles. The molecule has 2 amide bonds. The Labute approximate surface area is 188 Å². The molecule has 2 aliphatic rings. The molecule has 1 aromatic rings. The number of β-lactam (4-membered cyclic amide) rings is 1. The van der Waals surface area contributed by atoms with Crippen LogP contribution in [-0.4, -0.2) is 66.6 Å². The maximum atomic E-state index is 12.7. The quantitative estimate of drug-likeness (QED) is 0.285. The molecular formula is C15H14Cl2N6O5S2. The molecule has 0 radical (unpaired) electrons. The highest BCUT2D eigenvalue weighted by Crippen LogP contribution is 2.41. The summed E-state index contributed by atoms with van der Waals surface area (Å²) in [6.07, 6.45) is 1.28. The van der Waals surface area contributed by atoms with Gasteiger partial charge in [-0.25, -0.2) is 4.79 Å². The topological polar surface area (TPSA) is 160 Å². The summed E-state index contributed by atoms with van der Waals surface area (Å²) in [4.78, 5) is 47.0. The molecule has 4 N–H and O–H groups in total. The summed E-state index contributed by atoms with van der Waals surface area (Å²) in [6, 6.07) is -0.975. The fourth-order valence-corrected chi connectivity index (χ4v) is 4.74. The van der Waals surface area contributed by atoms with Crippen LogP contribution in [0.3, 0.4) is 0 Å². The van der Waals surface area contributed by atoms with Crippen LogP contribution in [0.2, 0.25) is 0 Å². The maximum Gasteiger partial charge on any atom is 0.352 e. The van der Waals surface area contributed by atoms with Crippen molar-refractivity contribution in [3.63, 3.8) is 0 Å². The molecule has 1 saturated heterocycles.